The van der Waals surface area contributed by atoms with E-state index in [0.29, 0.717) is 0 Å². The molecule has 0 aromatic rings. The molecule has 0 unspecified atom stereocenters. The third-order valence-corrected chi connectivity index (χ3v) is 2.15. The first-order valence-corrected chi connectivity index (χ1v) is 3.73. The first-order chi connectivity index (χ1) is 5.10. The van der Waals surface area contributed by atoms with Crippen molar-refractivity contribution in [3.63, 3.8) is 0 Å². The Kier molecular flexibility index (Phi) is 2.30. The second-order valence-corrected chi connectivity index (χ2v) is 3.55. The average Bonchev–Trinajstić information content (AvgIpc) is 2.24. The molecule has 11 heavy (non-hydrogen) atoms. The summed E-state index contributed by atoms with van der Waals surface area (Å²) in [4.78, 5) is 10.5. The third kappa shape index (κ3) is 1.60. The Morgan fingerprint density at radius 1 is 1.64 bits per heavy atom. The first-order valence-electron chi connectivity index (χ1n) is 3.73. The molecule has 3 heteroatoms. The minimum absolute atomic E-state index is 0.0809. The Labute approximate surface area is 66.7 Å². The maximum Gasteiger partial charge on any atom is 0.158 e. The van der Waals surface area contributed by atoms with E-state index in [-0.39, 0.29) is 17.8 Å². The van der Waals surface area contributed by atoms with Crippen LogP contribution in [0.2, 0.25) is 0 Å². The van der Waals surface area contributed by atoms with Gasteiger partial charge in [0.25, 0.3) is 0 Å². The van der Waals surface area contributed by atoms with Gasteiger partial charge in [-0.25, -0.2) is 0 Å². The number of hydrogen-bond acceptors (Lipinski definition) is 3. The lowest BCUT2D eigenvalue weighted by atomic mass is 9.86. The van der Waals surface area contributed by atoms with Gasteiger partial charge in [-0.3, -0.25) is 0 Å². The van der Waals surface area contributed by atoms with E-state index in [2.05, 4.69) is 0 Å². The summed E-state index contributed by atoms with van der Waals surface area (Å²) >= 11 is 0. The molecule has 2 atom stereocenters. The molecule has 0 radical (unpaired) electrons. The third-order valence-electron chi connectivity index (χ3n) is 2.15. The van der Waals surface area contributed by atoms with Crippen LogP contribution in [0.15, 0.2) is 0 Å². The normalized spacial score (nSPS) is 35.5. The molecular weight excluding hydrogens is 144 g/mol. The van der Waals surface area contributed by atoms with Gasteiger partial charge in [0.05, 0.1) is 0 Å². The molecule has 1 rings (SSSR count). The molecule has 0 N–H and O–H groups in total. The van der Waals surface area contributed by atoms with Gasteiger partial charge in [0.15, 0.2) is 6.29 Å². The number of carbonyl (C=O) groups excluding carboxylic acids is 1. The van der Waals surface area contributed by atoms with Gasteiger partial charge < -0.3 is 14.3 Å². The van der Waals surface area contributed by atoms with Crippen molar-refractivity contribution >= 4 is 6.29 Å². The molecule has 1 aliphatic heterocycles. The van der Waals surface area contributed by atoms with Gasteiger partial charge in [-0.15, -0.1) is 0 Å². The Hall–Kier alpha value is -0.410. The van der Waals surface area contributed by atoms with E-state index in [1.165, 1.54) is 0 Å². The van der Waals surface area contributed by atoms with E-state index in [1.807, 2.05) is 13.8 Å². The molecule has 1 heterocycles. The fourth-order valence-electron chi connectivity index (χ4n) is 1.30. The average molecular weight is 158 g/mol. The number of carbonyl (C=O) groups is 1. The van der Waals surface area contributed by atoms with Crippen molar-refractivity contribution in [1.82, 2.24) is 0 Å². The predicted molar refractivity (Wildman–Crippen MR) is 40.1 cm³/mol. The number of rotatable bonds is 2. The molecule has 64 valence electrons. The highest BCUT2D eigenvalue weighted by molar-refractivity contribution is 5.58. The van der Waals surface area contributed by atoms with Crippen LogP contribution in [-0.2, 0) is 14.3 Å². The molecule has 0 saturated carbocycles. The maximum atomic E-state index is 10.5. The van der Waals surface area contributed by atoms with Gasteiger partial charge in [-0.1, -0.05) is 13.8 Å². The summed E-state index contributed by atoms with van der Waals surface area (Å²) < 4.78 is 10.3. The van der Waals surface area contributed by atoms with Crippen LogP contribution in [0.1, 0.15) is 20.3 Å². The molecule has 1 aliphatic rings. The van der Waals surface area contributed by atoms with E-state index >= 15 is 0 Å². The van der Waals surface area contributed by atoms with Gasteiger partial charge in [0.1, 0.15) is 12.4 Å². The van der Waals surface area contributed by atoms with Crippen LogP contribution in [0, 0.1) is 5.41 Å². The van der Waals surface area contributed by atoms with Gasteiger partial charge in [-0.05, 0) is 0 Å². The SMILES string of the molecule is CO[C@@H]1CC(C)(C)[C@H](C=O)O1. The van der Waals surface area contributed by atoms with Gasteiger partial charge >= 0.3 is 0 Å². The minimum atomic E-state index is -0.313. The fraction of sp³-hybridized carbons (Fsp3) is 0.875. The summed E-state index contributed by atoms with van der Waals surface area (Å²) in [7, 11) is 1.59. The molecule has 0 bridgehead atoms. The highest BCUT2D eigenvalue weighted by Crippen LogP contribution is 2.36. The molecular formula is C8H14O3. The summed E-state index contributed by atoms with van der Waals surface area (Å²) in [6.45, 7) is 4.01. The van der Waals surface area contributed by atoms with E-state index < -0.39 is 0 Å². The Balaban J connectivity index is 2.62. The van der Waals surface area contributed by atoms with Crippen LogP contribution >= 0.6 is 0 Å². The van der Waals surface area contributed by atoms with Crippen molar-refractivity contribution in [1.29, 1.82) is 0 Å². The molecule has 0 aromatic heterocycles. The lowest BCUT2D eigenvalue weighted by Gasteiger charge is -2.18. The summed E-state index contributed by atoms with van der Waals surface area (Å²) in [5.41, 5.74) is -0.0809. The molecule has 0 spiro atoms. The van der Waals surface area contributed by atoms with E-state index in [4.69, 9.17) is 9.47 Å². The summed E-state index contributed by atoms with van der Waals surface area (Å²) in [6, 6.07) is 0. The second-order valence-electron chi connectivity index (χ2n) is 3.55. The van der Waals surface area contributed by atoms with Crippen LogP contribution in [-0.4, -0.2) is 25.8 Å². The van der Waals surface area contributed by atoms with Crippen LogP contribution in [0.5, 0.6) is 0 Å². The smallest absolute Gasteiger partial charge is 0.158 e. The van der Waals surface area contributed by atoms with Crippen LogP contribution < -0.4 is 0 Å². The Bertz CT molecular complexity index is 153. The zero-order chi connectivity index (χ0) is 8.48. The topological polar surface area (TPSA) is 35.5 Å². The molecule has 1 fully saturated rings. The first kappa shape index (κ1) is 8.68. The van der Waals surface area contributed by atoms with E-state index in [1.54, 1.807) is 7.11 Å². The summed E-state index contributed by atoms with van der Waals surface area (Å²) in [5, 5.41) is 0. The maximum absolute atomic E-state index is 10.5. The number of methoxy groups -OCH3 is 1. The van der Waals surface area contributed by atoms with Crippen LogP contribution in [0.4, 0.5) is 0 Å². The Morgan fingerprint density at radius 3 is 2.55 bits per heavy atom. The molecule has 0 aromatic carbocycles. The standard InChI is InChI=1S/C8H14O3/c1-8(2)4-7(10-3)11-6(8)5-9/h5-7H,4H2,1-3H3/t6-,7-/m0/s1. The lowest BCUT2D eigenvalue weighted by molar-refractivity contribution is -0.138. The van der Waals surface area contributed by atoms with Crippen molar-refractivity contribution < 1.29 is 14.3 Å². The van der Waals surface area contributed by atoms with Crippen molar-refractivity contribution in [2.75, 3.05) is 7.11 Å². The quantitative estimate of drug-likeness (QED) is 0.562. The van der Waals surface area contributed by atoms with Crippen LogP contribution in [0.3, 0.4) is 0 Å². The number of ether oxygens (including phenoxy) is 2. The molecule has 3 nitrogen and oxygen atoms in total. The van der Waals surface area contributed by atoms with Crippen molar-refractivity contribution in [3.8, 4) is 0 Å². The van der Waals surface area contributed by atoms with Gasteiger partial charge in [0, 0.05) is 18.9 Å². The van der Waals surface area contributed by atoms with Gasteiger partial charge in [-0.2, -0.15) is 0 Å². The minimum Gasteiger partial charge on any atom is -0.356 e. The largest absolute Gasteiger partial charge is 0.356 e. The molecule has 1 saturated heterocycles. The van der Waals surface area contributed by atoms with Crippen molar-refractivity contribution in [2.24, 2.45) is 5.41 Å². The highest BCUT2D eigenvalue weighted by atomic mass is 16.7. The highest BCUT2D eigenvalue weighted by Gasteiger charge is 2.41. The van der Waals surface area contributed by atoms with E-state index in [0.717, 1.165) is 12.7 Å². The van der Waals surface area contributed by atoms with Crippen molar-refractivity contribution in [2.45, 2.75) is 32.7 Å². The monoisotopic (exact) mass is 158 g/mol. The predicted octanol–water partition coefficient (Wildman–Crippen LogP) is 0.973. The Morgan fingerprint density at radius 2 is 2.27 bits per heavy atom. The second kappa shape index (κ2) is 2.91. The molecule has 0 amide bonds. The zero-order valence-electron chi connectivity index (χ0n) is 7.16. The van der Waals surface area contributed by atoms with E-state index in [9.17, 15) is 4.79 Å². The number of hydrogen-bond donors (Lipinski definition) is 0. The fourth-order valence-corrected chi connectivity index (χ4v) is 1.30. The zero-order valence-corrected chi connectivity index (χ0v) is 7.16. The van der Waals surface area contributed by atoms with Crippen molar-refractivity contribution in [3.05, 3.63) is 0 Å². The number of aldehydes is 1. The summed E-state index contributed by atoms with van der Waals surface area (Å²) in [5.74, 6) is 0. The summed E-state index contributed by atoms with van der Waals surface area (Å²) in [6.07, 6.45) is 1.11. The van der Waals surface area contributed by atoms with Crippen LogP contribution in [0.25, 0.3) is 0 Å². The lowest BCUT2D eigenvalue weighted by Crippen LogP contribution is -2.25. The van der Waals surface area contributed by atoms with Gasteiger partial charge in [0.2, 0.25) is 0 Å². The molecule has 0 aliphatic carbocycles.